The molecule has 1 aromatic rings. The Morgan fingerprint density at radius 1 is 1.50 bits per heavy atom. The van der Waals surface area contributed by atoms with Gasteiger partial charge in [0.1, 0.15) is 5.75 Å². The molecule has 1 saturated carbocycles. The quantitative estimate of drug-likeness (QED) is 0.844. The molecular weight excluding hydrogens is 198 g/mol. The zero-order valence-corrected chi connectivity index (χ0v) is 10.4. The van der Waals surface area contributed by atoms with Crippen molar-refractivity contribution in [2.75, 3.05) is 13.7 Å². The standard InChI is InChI=1S/C14H21NO/c1-10(2)14(8-12(14)9-15)11-5-4-6-13(7-11)16-3/h4-7,10,12H,8-9,15H2,1-3H3/t12-,14?/m0/s1. The van der Waals surface area contributed by atoms with Crippen LogP contribution in [0.15, 0.2) is 24.3 Å². The van der Waals surface area contributed by atoms with Gasteiger partial charge < -0.3 is 10.5 Å². The normalized spacial score (nSPS) is 28.2. The zero-order valence-electron chi connectivity index (χ0n) is 10.4. The zero-order chi connectivity index (χ0) is 11.8. The maximum atomic E-state index is 5.82. The Morgan fingerprint density at radius 2 is 2.25 bits per heavy atom. The third-order valence-corrected chi connectivity index (χ3v) is 4.07. The van der Waals surface area contributed by atoms with Crippen molar-refractivity contribution in [3.05, 3.63) is 29.8 Å². The summed E-state index contributed by atoms with van der Waals surface area (Å²) in [6.07, 6.45) is 1.22. The lowest BCUT2D eigenvalue weighted by Crippen LogP contribution is -2.21. The Labute approximate surface area is 97.8 Å². The number of ether oxygens (including phenoxy) is 1. The molecule has 2 nitrogen and oxygen atoms in total. The Hall–Kier alpha value is -1.02. The fourth-order valence-electron chi connectivity index (χ4n) is 2.95. The molecule has 1 aliphatic rings. The second kappa shape index (κ2) is 4.10. The lowest BCUT2D eigenvalue weighted by molar-refractivity contribution is 0.407. The number of nitrogens with two attached hydrogens (primary N) is 1. The van der Waals surface area contributed by atoms with Gasteiger partial charge >= 0.3 is 0 Å². The molecule has 2 atom stereocenters. The van der Waals surface area contributed by atoms with E-state index in [9.17, 15) is 0 Å². The molecule has 1 fully saturated rings. The first-order valence-corrected chi connectivity index (χ1v) is 5.99. The lowest BCUT2D eigenvalue weighted by Gasteiger charge is -2.22. The molecule has 0 radical (unpaired) electrons. The summed E-state index contributed by atoms with van der Waals surface area (Å²) in [5.41, 5.74) is 7.51. The molecule has 1 unspecified atom stereocenters. The van der Waals surface area contributed by atoms with Crippen LogP contribution in [0.25, 0.3) is 0 Å². The molecule has 2 heteroatoms. The maximum absolute atomic E-state index is 5.82. The van der Waals surface area contributed by atoms with Gasteiger partial charge in [0.2, 0.25) is 0 Å². The van der Waals surface area contributed by atoms with Crippen LogP contribution in [0.2, 0.25) is 0 Å². The molecule has 0 saturated heterocycles. The summed E-state index contributed by atoms with van der Waals surface area (Å²) in [6, 6.07) is 8.44. The first-order chi connectivity index (χ1) is 7.65. The van der Waals surface area contributed by atoms with E-state index in [1.54, 1.807) is 7.11 Å². The van der Waals surface area contributed by atoms with Gasteiger partial charge in [-0.1, -0.05) is 26.0 Å². The van der Waals surface area contributed by atoms with E-state index in [-0.39, 0.29) is 0 Å². The van der Waals surface area contributed by atoms with E-state index in [2.05, 4.69) is 32.0 Å². The monoisotopic (exact) mass is 219 g/mol. The average Bonchev–Trinajstić information content (AvgIpc) is 3.05. The van der Waals surface area contributed by atoms with Gasteiger partial charge in [0.05, 0.1) is 7.11 Å². The third kappa shape index (κ3) is 1.61. The molecule has 16 heavy (non-hydrogen) atoms. The highest BCUT2D eigenvalue weighted by Crippen LogP contribution is 2.58. The highest BCUT2D eigenvalue weighted by atomic mass is 16.5. The van der Waals surface area contributed by atoms with Gasteiger partial charge in [-0.05, 0) is 42.5 Å². The molecule has 0 aromatic heterocycles. The third-order valence-electron chi connectivity index (χ3n) is 4.07. The number of rotatable bonds is 4. The Kier molecular flexibility index (Phi) is 2.94. The average molecular weight is 219 g/mol. The van der Waals surface area contributed by atoms with Gasteiger partial charge in [-0.3, -0.25) is 0 Å². The molecule has 0 spiro atoms. The summed E-state index contributed by atoms with van der Waals surface area (Å²) in [7, 11) is 1.72. The minimum absolute atomic E-state index is 0.295. The Bertz CT molecular complexity index is 375. The smallest absolute Gasteiger partial charge is 0.119 e. The van der Waals surface area contributed by atoms with Crippen LogP contribution in [-0.4, -0.2) is 13.7 Å². The Morgan fingerprint density at radius 3 is 2.75 bits per heavy atom. The van der Waals surface area contributed by atoms with Crippen molar-refractivity contribution in [3.63, 3.8) is 0 Å². The van der Waals surface area contributed by atoms with Crippen LogP contribution in [0.4, 0.5) is 0 Å². The highest BCUT2D eigenvalue weighted by molar-refractivity contribution is 5.39. The molecule has 2 N–H and O–H groups in total. The fraction of sp³-hybridized carbons (Fsp3) is 0.571. The van der Waals surface area contributed by atoms with E-state index >= 15 is 0 Å². The van der Waals surface area contributed by atoms with Crippen molar-refractivity contribution in [2.24, 2.45) is 17.6 Å². The van der Waals surface area contributed by atoms with Gasteiger partial charge in [-0.25, -0.2) is 0 Å². The van der Waals surface area contributed by atoms with Gasteiger partial charge in [-0.15, -0.1) is 0 Å². The van der Waals surface area contributed by atoms with Gasteiger partial charge in [-0.2, -0.15) is 0 Å². The summed E-state index contributed by atoms with van der Waals surface area (Å²) >= 11 is 0. The first kappa shape index (κ1) is 11.5. The molecular formula is C14H21NO. The van der Waals surface area contributed by atoms with Crippen molar-refractivity contribution < 1.29 is 4.74 Å². The predicted molar refractivity (Wildman–Crippen MR) is 66.7 cm³/mol. The van der Waals surface area contributed by atoms with E-state index in [4.69, 9.17) is 10.5 Å². The molecule has 0 aliphatic heterocycles. The van der Waals surface area contributed by atoms with Crippen molar-refractivity contribution >= 4 is 0 Å². The van der Waals surface area contributed by atoms with Gasteiger partial charge in [0.15, 0.2) is 0 Å². The van der Waals surface area contributed by atoms with Crippen molar-refractivity contribution in [1.29, 1.82) is 0 Å². The van der Waals surface area contributed by atoms with Gasteiger partial charge in [0, 0.05) is 5.41 Å². The predicted octanol–water partition coefficient (Wildman–Crippen LogP) is 2.57. The minimum atomic E-state index is 0.295. The van der Waals surface area contributed by atoms with E-state index in [1.165, 1.54) is 12.0 Å². The first-order valence-electron chi connectivity index (χ1n) is 5.99. The molecule has 88 valence electrons. The van der Waals surface area contributed by atoms with Crippen molar-refractivity contribution in [3.8, 4) is 5.75 Å². The summed E-state index contributed by atoms with van der Waals surface area (Å²) in [5.74, 6) is 2.22. The number of benzene rings is 1. The molecule has 1 aromatic carbocycles. The maximum Gasteiger partial charge on any atom is 0.119 e. The lowest BCUT2D eigenvalue weighted by atomic mass is 9.82. The summed E-state index contributed by atoms with van der Waals surface area (Å²) in [5, 5.41) is 0. The molecule has 0 amide bonds. The number of methoxy groups -OCH3 is 1. The van der Waals surface area contributed by atoms with Crippen LogP contribution < -0.4 is 10.5 Å². The summed E-state index contributed by atoms with van der Waals surface area (Å²) < 4.78 is 5.30. The Balaban J connectivity index is 2.34. The largest absolute Gasteiger partial charge is 0.497 e. The van der Waals surface area contributed by atoms with Crippen LogP contribution >= 0.6 is 0 Å². The molecule has 1 aliphatic carbocycles. The van der Waals surface area contributed by atoms with E-state index in [1.807, 2.05) is 6.07 Å². The molecule has 2 rings (SSSR count). The van der Waals surface area contributed by atoms with Crippen LogP contribution in [0.1, 0.15) is 25.8 Å². The minimum Gasteiger partial charge on any atom is -0.497 e. The van der Waals surface area contributed by atoms with Crippen LogP contribution in [0.5, 0.6) is 5.75 Å². The highest BCUT2D eigenvalue weighted by Gasteiger charge is 2.56. The topological polar surface area (TPSA) is 35.2 Å². The van der Waals surface area contributed by atoms with Crippen LogP contribution in [-0.2, 0) is 5.41 Å². The van der Waals surface area contributed by atoms with Gasteiger partial charge in [0.25, 0.3) is 0 Å². The fourth-order valence-corrected chi connectivity index (χ4v) is 2.95. The van der Waals surface area contributed by atoms with Crippen molar-refractivity contribution in [1.82, 2.24) is 0 Å². The van der Waals surface area contributed by atoms with E-state index < -0.39 is 0 Å². The van der Waals surface area contributed by atoms with Crippen molar-refractivity contribution in [2.45, 2.75) is 25.7 Å². The van der Waals surface area contributed by atoms with Crippen LogP contribution in [0, 0.1) is 11.8 Å². The summed E-state index contributed by atoms with van der Waals surface area (Å²) in [4.78, 5) is 0. The van der Waals surface area contributed by atoms with E-state index in [0.717, 1.165) is 12.3 Å². The van der Waals surface area contributed by atoms with Crippen LogP contribution in [0.3, 0.4) is 0 Å². The molecule has 0 heterocycles. The molecule has 0 bridgehead atoms. The summed E-state index contributed by atoms with van der Waals surface area (Å²) in [6.45, 7) is 5.36. The second-order valence-corrected chi connectivity index (χ2v) is 5.06. The number of hydrogen-bond acceptors (Lipinski definition) is 2. The second-order valence-electron chi connectivity index (χ2n) is 5.06. The number of hydrogen-bond donors (Lipinski definition) is 1. The SMILES string of the molecule is COc1cccc(C2(C(C)C)C[C@H]2CN)c1. The van der Waals surface area contributed by atoms with E-state index in [0.29, 0.717) is 17.3 Å².